The van der Waals surface area contributed by atoms with Crippen molar-refractivity contribution in [2.75, 3.05) is 11.1 Å². The highest BCUT2D eigenvalue weighted by atomic mass is 35.5. The minimum absolute atomic E-state index is 0.0336. The number of carbonyl (C=O) groups is 2. The molecule has 1 aliphatic rings. The zero-order valence-corrected chi connectivity index (χ0v) is 29.3. The molecule has 0 aliphatic carbocycles. The number of carbonyl (C=O) groups excluding carboxylic acids is 2. The van der Waals surface area contributed by atoms with Gasteiger partial charge >= 0.3 is 0 Å². The van der Waals surface area contributed by atoms with E-state index in [0.717, 1.165) is 33.4 Å². The largest absolute Gasteiger partial charge is 0.397 e. The fraction of sp³-hybridized carbons (Fsp3) is 0.256. The molecule has 3 atom stereocenters. The second-order valence-corrected chi connectivity index (χ2v) is 13.1. The van der Waals surface area contributed by atoms with Crippen LogP contribution in [-0.2, 0) is 38.8 Å². The predicted octanol–water partition coefficient (Wildman–Crippen LogP) is 7.60. The summed E-state index contributed by atoms with van der Waals surface area (Å²) in [5.41, 5.74) is 12.5. The van der Waals surface area contributed by atoms with Gasteiger partial charge in [-0.15, -0.1) is 0 Å². The van der Waals surface area contributed by atoms with Crippen molar-refractivity contribution in [3.8, 4) is 11.1 Å². The van der Waals surface area contributed by atoms with Crippen LogP contribution in [0, 0.1) is 0 Å². The number of nitrogens with zero attached hydrogens (tertiary/aromatic N) is 2. The Balaban J connectivity index is 1.09. The van der Waals surface area contributed by atoms with Gasteiger partial charge < -0.3 is 35.5 Å². The molecule has 0 saturated carbocycles. The van der Waals surface area contributed by atoms with Crippen LogP contribution in [0.4, 0.5) is 11.4 Å². The van der Waals surface area contributed by atoms with Gasteiger partial charge in [0.2, 0.25) is 11.8 Å². The first-order valence-corrected chi connectivity index (χ1v) is 17.5. The number of nitrogens with one attached hydrogen (secondary N) is 2. The van der Waals surface area contributed by atoms with E-state index in [0.29, 0.717) is 42.5 Å². The lowest BCUT2D eigenvalue weighted by atomic mass is 9.97. The van der Waals surface area contributed by atoms with Crippen LogP contribution < -0.4 is 16.4 Å². The summed E-state index contributed by atoms with van der Waals surface area (Å²) in [6.07, 6.45) is 1.86. The lowest BCUT2D eigenvalue weighted by molar-refractivity contribution is -0.252. The molecule has 6 rings (SSSR count). The lowest BCUT2D eigenvalue weighted by Crippen LogP contribution is -2.32. The molecule has 1 aliphatic heterocycles. The fourth-order valence-electron chi connectivity index (χ4n) is 6.01. The van der Waals surface area contributed by atoms with Crippen LogP contribution in [0.2, 0.25) is 10.3 Å². The first kappa shape index (κ1) is 36.1. The third-order valence-electron chi connectivity index (χ3n) is 8.78. The zero-order chi connectivity index (χ0) is 35.7. The summed E-state index contributed by atoms with van der Waals surface area (Å²) in [4.78, 5) is 29.1. The first-order chi connectivity index (χ1) is 24.8. The Morgan fingerprint density at radius 3 is 2.31 bits per heavy atom. The van der Waals surface area contributed by atoms with Crippen molar-refractivity contribution in [2.45, 2.75) is 63.9 Å². The molecule has 3 unspecified atom stereocenters. The van der Waals surface area contributed by atoms with Crippen LogP contribution in [0.5, 0.6) is 0 Å². The van der Waals surface area contributed by atoms with Gasteiger partial charge in [0, 0.05) is 31.4 Å². The molecular weight excluding hydrogens is 689 g/mol. The Morgan fingerprint density at radius 1 is 0.882 bits per heavy atom. The lowest BCUT2D eigenvalue weighted by Gasteiger charge is -2.36. The number of aromatic nitrogens is 2. The molecule has 10 nitrogen and oxygen atoms in total. The standard InChI is InChI=1S/C39H39Cl2N5O5/c40-37-38(41)46(24-44-37)22-30-20-34(27-14-12-25(23-47)13-15-27)51-39(50-30)28-18-16-26(17-19-28)31-7-2-1-6-29(31)21-43-35(48)10-5-11-36(49)45-33-9-4-3-8-32(33)42/h1-4,6-9,12-19,24,30,34,39,47H,5,10-11,20-23,42H2,(H,43,48)(H,45,49). The second kappa shape index (κ2) is 17.0. The predicted molar refractivity (Wildman–Crippen MR) is 198 cm³/mol. The number of amides is 2. The van der Waals surface area contributed by atoms with E-state index in [1.165, 1.54) is 0 Å². The summed E-state index contributed by atoms with van der Waals surface area (Å²) in [6, 6.07) is 30.7. The second-order valence-electron chi connectivity index (χ2n) is 12.4. The molecule has 264 valence electrons. The number of halogens is 2. The molecule has 0 spiro atoms. The summed E-state index contributed by atoms with van der Waals surface area (Å²) in [7, 11) is 0. The van der Waals surface area contributed by atoms with Crippen LogP contribution in [0.25, 0.3) is 11.1 Å². The number of hydrogen-bond acceptors (Lipinski definition) is 7. The highest BCUT2D eigenvalue weighted by Gasteiger charge is 2.33. The minimum atomic E-state index is -0.653. The number of benzene rings is 4. The quantitative estimate of drug-likeness (QED) is 0.0916. The molecule has 0 bridgehead atoms. The molecule has 2 amide bonds. The molecule has 1 aromatic heterocycles. The van der Waals surface area contributed by atoms with Gasteiger partial charge in [0.25, 0.3) is 0 Å². The Labute approximate surface area is 306 Å². The molecule has 0 radical (unpaired) electrons. The summed E-state index contributed by atoms with van der Waals surface area (Å²) >= 11 is 12.5. The summed E-state index contributed by atoms with van der Waals surface area (Å²) < 4.78 is 14.7. The van der Waals surface area contributed by atoms with Crippen LogP contribution in [0.15, 0.2) is 103 Å². The van der Waals surface area contributed by atoms with E-state index >= 15 is 0 Å². The summed E-state index contributed by atoms with van der Waals surface area (Å²) in [5, 5.41) is 15.9. The zero-order valence-electron chi connectivity index (χ0n) is 27.8. The maximum atomic E-state index is 12.7. The molecule has 4 aromatic carbocycles. The number of imidazole rings is 1. The maximum absolute atomic E-state index is 12.7. The average Bonchev–Trinajstić information content (AvgIpc) is 3.47. The van der Waals surface area contributed by atoms with Crippen molar-refractivity contribution in [1.82, 2.24) is 14.9 Å². The number of hydrogen-bond donors (Lipinski definition) is 4. The van der Waals surface area contributed by atoms with Crippen molar-refractivity contribution in [2.24, 2.45) is 0 Å². The molecular formula is C39H39Cl2N5O5. The molecule has 5 aromatic rings. The van der Waals surface area contributed by atoms with E-state index in [9.17, 15) is 14.7 Å². The number of anilines is 2. The minimum Gasteiger partial charge on any atom is -0.397 e. The van der Waals surface area contributed by atoms with E-state index in [1.54, 1.807) is 35.2 Å². The monoisotopic (exact) mass is 727 g/mol. The fourth-order valence-corrected chi connectivity index (χ4v) is 6.33. The highest BCUT2D eigenvalue weighted by molar-refractivity contribution is 6.40. The number of aliphatic hydroxyl groups excluding tert-OH is 1. The molecule has 1 fully saturated rings. The van der Waals surface area contributed by atoms with Crippen LogP contribution in [0.3, 0.4) is 0 Å². The highest BCUT2D eigenvalue weighted by Crippen LogP contribution is 2.39. The van der Waals surface area contributed by atoms with Gasteiger partial charge in [-0.1, -0.05) is 108 Å². The van der Waals surface area contributed by atoms with Crippen molar-refractivity contribution >= 4 is 46.4 Å². The van der Waals surface area contributed by atoms with Crippen molar-refractivity contribution in [3.05, 3.63) is 136 Å². The van der Waals surface area contributed by atoms with Crippen LogP contribution in [0.1, 0.15) is 60.3 Å². The molecule has 2 heterocycles. The Kier molecular flexibility index (Phi) is 12.0. The topological polar surface area (TPSA) is 141 Å². The third kappa shape index (κ3) is 9.35. The van der Waals surface area contributed by atoms with E-state index in [2.05, 4.69) is 15.6 Å². The molecule has 51 heavy (non-hydrogen) atoms. The average molecular weight is 729 g/mol. The summed E-state index contributed by atoms with van der Waals surface area (Å²) in [6.45, 7) is 0.753. The summed E-state index contributed by atoms with van der Waals surface area (Å²) in [5.74, 6) is -0.318. The molecule has 5 N–H and O–H groups in total. The van der Waals surface area contributed by atoms with E-state index in [4.69, 9.17) is 38.4 Å². The van der Waals surface area contributed by atoms with Crippen molar-refractivity contribution in [1.29, 1.82) is 0 Å². The van der Waals surface area contributed by atoms with E-state index in [-0.39, 0.29) is 48.6 Å². The Morgan fingerprint density at radius 2 is 1.59 bits per heavy atom. The number of aliphatic hydroxyl groups is 1. The van der Waals surface area contributed by atoms with Crippen molar-refractivity contribution < 1.29 is 24.2 Å². The molecule has 1 saturated heterocycles. The Hall–Kier alpha value is -4.71. The number of ether oxygens (including phenoxy) is 2. The normalized spacial score (nSPS) is 17.2. The first-order valence-electron chi connectivity index (χ1n) is 16.7. The third-order valence-corrected chi connectivity index (χ3v) is 9.55. The SMILES string of the molecule is Nc1ccccc1NC(=O)CCCC(=O)NCc1ccccc1-c1ccc(C2OC(Cn3cnc(Cl)c3Cl)CC(c3ccc(CO)cc3)O2)cc1. The number of rotatable bonds is 13. The van der Waals surface area contributed by atoms with Gasteiger partial charge in [0.05, 0.1) is 43.1 Å². The number of nitrogen functional groups attached to an aromatic ring is 1. The number of nitrogens with two attached hydrogens (primary N) is 1. The number of para-hydroxylation sites is 2. The van der Waals surface area contributed by atoms with E-state index in [1.807, 2.05) is 72.8 Å². The van der Waals surface area contributed by atoms with Crippen LogP contribution >= 0.6 is 23.2 Å². The van der Waals surface area contributed by atoms with Gasteiger partial charge in [-0.3, -0.25) is 9.59 Å². The van der Waals surface area contributed by atoms with Gasteiger partial charge in [0.15, 0.2) is 11.4 Å². The van der Waals surface area contributed by atoms with E-state index < -0.39 is 6.29 Å². The smallest absolute Gasteiger partial charge is 0.224 e. The van der Waals surface area contributed by atoms with Gasteiger partial charge in [-0.05, 0) is 46.4 Å². The van der Waals surface area contributed by atoms with Gasteiger partial charge in [-0.25, -0.2) is 4.98 Å². The van der Waals surface area contributed by atoms with Gasteiger partial charge in [0.1, 0.15) is 5.15 Å². The maximum Gasteiger partial charge on any atom is 0.224 e. The molecule has 12 heteroatoms. The Bertz CT molecular complexity index is 1950. The van der Waals surface area contributed by atoms with Gasteiger partial charge in [-0.2, -0.15) is 0 Å². The van der Waals surface area contributed by atoms with Crippen molar-refractivity contribution in [3.63, 3.8) is 0 Å². The van der Waals surface area contributed by atoms with Crippen LogP contribution in [-0.4, -0.2) is 32.6 Å².